The van der Waals surface area contributed by atoms with Crippen LogP contribution in [-0.4, -0.2) is 56.6 Å². The number of benzene rings is 1. The number of para-hydroxylation sites is 1. The number of carboxylic acids is 1. The molecule has 8 heteroatoms. The van der Waals surface area contributed by atoms with E-state index in [0.29, 0.717) is 25.6 Å². The Morgan fingerprint density at radius 2 is 1.92 bits per heavy atom. The number of carbonyl (C=O) groups is 2. The maximum absolute atomic E-state index is 12.3. The number of carbonyl (C=O) groups excluding carboxylic acids is 1. The maximum atomic E-state index is 12.3. The molecule has 2 aromatic rings. The fourth-order valence-corrected chi connectivity index (χ4v) is 2.79. The molecule has 2 heterocycles. The Hall–Kier alpha value is -2.90. The zero-order chi connectivity index (χ0) is 17.6. The lowest BCUT2D eigenvalue weighted by molar-refractivity contribution is -0.133. The molecule has 1 aromatic carbocycles. The number of amides is 1. The van der Waals surface area contributed by atoms with E-state index in [1.54, 1.807) is 4.90 Å². The molecule has 25 heavy (non-hydrogen) atoms. The van der Waals surface area contributed by atoms with Crippen molar-refractivity contribution in [2.75, 3.05) is 19.7 Å². The van der Waals surface area contributed by atoms with Gasteiger partial charge in [0.1, 0.15) is 12.3 Å². The van der Waals surface area contributed by atoms with Gasteiger partial charge in [0.2, 0.25) is 5.91 Å². The van der Waals surface area contributed by atoms with E-state index >= 15 is 0 Å². The highest BCUT2D eigenvalue weighted by Crippen LogP contribution is 2.19. The molecule has 0 aliphatic carbocycles. The molecule has 0 atom stereocenters. The summed E-state index contributed by atoms with van der Waals surface area (Å²) >= 11 is 0. The first-order valence-corrected chi connectivity index (χ1v) is 8.21. The Kier molecular flexibility index (Phi) is 5.27. The molecule has 1 aliphatic rings. The van der Waals surface area contributed by atoms with E-state index < -0.39 is 5.97 Å². The number of aromatic nitrogens is 3. The molecule has 1 N–H and O–H groups in total. The summed E-state index contributed by atoms with van der Waals surface area (Å²) in [5, 5.41) is 16.0. The van der Waals surface area contributed by atoms with E-state index in [-0.39, 0.29) is 18.1 Å². The Morgan fingerprint density at radius 1 is 1.20 bits per heavy atom. The van der Waals surface area contributed by atoms with Crippen LogP contribution in [-0.2, 0) is 11.3 Å². The number of hydrogen-bond donors (Lipinski definition) is 1. The molecular weight excluding hydrogens is 324 g/mol. The zero-order valence-electron chi connectivity index (χ0n) is 13.7. The monoisotopic (exact) mass is 344 g/mol. The van der Waals surface area contributed by atoms with Gasteiger partial charge in [-0.1, -0.05) is 23.4 Å². The predicted molar refractivity (Wildman–Crippen MR) is 88.2 cm³/mol. The van der Waals surface area contributed by atoms with Crippen LogP contribution in [0.5, 0.6) is 5.75 Å². The van der Waals surface area contributed by atoms with Crippen molar-refractivity contribution >= 4 is 11.9 Å². The molecule has 1 aliphatic heterocycles. The van der Waals surface area contributed by atoms with Crippen LogP contribution in [0, 0.1) is 5.92 Å². The van der Waals surface area contributed by atoms with Crippen molar-refractivity contribution in [3.05, 3.63) is 42.2 Å². The Bertz CT molecular complexity index is 723. The molecule has 1 fully saturated rings. The smallest absolute Gasteiger partial charge is 0.358 e. The van der Waals surface area contributed by atoms with Gasteiger partial charge in [0.25, 0.3) is 0 Å². The highest BCUT2D eigenvalue weighted by molar-refractivity contribution is 5.84. The molecule has 0 unspecified atom stereocenters. The number of piperidine rings is 1. The quantitative estimate of drug-likeness (QED) is 0.848. The van der Waals surface area contributed by atoms with Gasteiger partial charge in [-0.15, -0.1) is 5.10 Å². The summed E-state index contributed by atoms with van der Waals surface area (Å²) in [4.78, 5) is 24.8. The van der Waals surface area contributed by atoms with Crippen molar-refractivity contribution < 1.29 is 19.4 Å². The van der Waals surface area contributed by atoms with E-state index in [4.69, 9.17) is 9.84 Å². The molecular formula is C17H20N4O4. The van der Waals surface area contributed by atoms with Crippen molar-refractivity contribution in [2.24, 2.45) is 5.92 Å². The molecule has 1 amide bonds. The summed E-state index contributed by atoms with van der Waals surface area (Å²) in [6.45, 7) is 1.99. The van der Waals surface area contributed by atoms with Gasteiger partial charge in [0, 0.05) is 13.1 Å². The standard InChI is InChI=1S/C17H20N4O4/c22-16(11-21-10-15(17(23)24)18-19-21)20-8-6-13(7-9-20)12-25-14-4-2-1-3-5-14/h1-5,10,13H,6-9,11-12H2,(H,23,24). The molecule has 0 radical (unpaired) electrons. The minimum absolute atomic E-state index is 0.00542. The van der Waals surface area contributed by atoms with E-state index in [1.165, 1.54) is 10.9 Å². The summed E-state index contributed by atoms with van der Waals surface area (Å²) in [7, 11) is 0. The Balaban J connectivity index is 1.43. The van der Waals surface area contributed by atoms with Gasteiger partial charge in [0.15, 0.2) is 5.69 Å². The highest BCUT2D eigenvalue weighted by Gasteiger charge is 2.24. The van der Waals surface area contributed by atoms with Crippen molar-refractivity contribution in [2.45, 2.75) is 19.4 Å². The van der Waals surface area contributed by atoms with Crippen LogP contribution in [0.15, 0.2) is 36.5 Å². The second-order valence-electron chi connectivity index (χ2n) is 6.05. The number of ether oxygens (including phenoxy) is 1. The second kappa shape index (κ2) is 7.78. The number of likely N-dealkylation sites (tertiary alicyclic amines) is 1. The fourth-order valence-electron chi connectivity index (χ4n) is 2.79. The molecule has 1 saturated heterocycles. The normalized spacial score (nSPS) is 15.1. The molecule has 0 saturated carbocycles. The lowest BCUT2D eigenvalue weighted by Gasteiger charge is -2.31. The van der Waals surface area contributed by atoms with Crippen LogP contribution in [0.1, 0.15) is 23.3 Å². The van der Waals surface area contributed by atoms with Gasteiger partial charge >= 0.3 is 5.97 Å². The van der Waals surface area contributed by atoms with Gasteiger partial charge in [-0.3, -0.25) is 4.79 Å². The number of nitrogens with zero attached hydrogens (tertiary/aromatic N) is 4. The largest absolute Gasteiger partial charge is 0.493 e. The van der Waals surface area contributed by atoms with Crippen LogP contribution in [0.25, 0.3) is 0 Å². The predicted octanol–water partition coefficient (Wildman–Crippen LogP) is 1.29. The SMILES string of the molecule is O=C(O)c1cn(CC(=O)N2CCC(COc3ccccc3)CC2)nn1. The van der Waals surface area contributed by atoms with E-state index in [1.807, 2.05) is 30.3 Å². The third kappa shape index (κ3) is 4.56. The summed E-state index contributed by atoms with van der Waals surface area (Å²) in [6.07, 6.45) is 3.04. The van der Waals surface area contributed by atoms with Crippen LogP contribution >= 0.6 is 0 Å². The summed E-state index contributed by atoms with van der Waals surface area (Å²) in [5.74, 6) is 0.0536. The summed E-state index contributed by atoms with van der Waals surface area (Å²) in [5.41, 5.74) is -0.162. The van der Waals surface area contributed by atoms with Crippen molar-refractivity contribution in [1.82, 2.24) is 19.9 Å². The number of carboxylic acid groups (broad SMARTS) is 1. The topological polar surface area (TPSA) is 97.5 Å². The first-order chi connectivity index (χ1) is 12.1. The minimum atomic E-state index is -1.15. The first kappa shape index (κ1) is 16.9. The zero-order valence-corrected chi connectivity index (χ0v) is 13.7. The van der Waals surface area contributed by atoms with E-state index in [0.717, 1.165) is 18.6 Å². The van der Waals surface area contributed by atoms with Gasteiger partial charge in [0.05, 0.1) is 12.8 Å². The van der Waals surface area contributed by atoms with Crippen molar-refractivity contribution in [3.63, 3.8) is 0 Å². The second-order valence-corrected chi connectivity index (χ2v) is 6.05. The molecule has 0 bridgehead atoms. The first-order valence-electron chi connectivity index (χ1n) is 8.21. The van der Waals surface area contributed by atoms with Crippen LogP contribution < -0.4 is 4.74 Å². The van der Waals surface area contributed by atoms with Gasteiger partial charge in [-0.05, 0) is 30.9 Å². The Labute approximate surface area is 145 Å². The third-order valence-corrected chi connectivity index (χ3v) is 4.25. The van der Waals surface area contributed by atoms with Crippen LogP contribution in [0.3, 0.4) is 0 Å². The van der Waals surface area contributed by atoms with E-state index in [9.17, 15) is 9.59 Å². The molecule has 8 nitrogen and oxygen atoms in total. The average molecular weight is 344 g/mol. The summed E-state index contributed by atoms with van der Waals surface area (Å²) in [6, 6.07) is 9.70. The molecule has 3 rings (SSSR count). The third-order valence-electron chi connectivity index (χ3n) is 4.25. The molecule has 132 valence electrons. The molecule has 1 aromatic heterocycles. The van der Waals surface area contributed by atoms with Crippen LogP contribution in [0.4, 0.5) is 0 Å². The van der Waals surface area contributed by atoms with Gasteiger partial charge < -0.3 is 14.7 Å². The Morgan fingerprint density at radius 3 is 2.56 bits per heavy atom. The average Bonchev–Trinajstić information content (AvgIpc) is 3.10. The van der Waals surface area contributed by atoms with Gasteiger partial charge in [-0.25, -0.2) is 9.48 Å². The molecule has 0 spiro atoms. The lowest BCUT2D eigenvalue weighted by Crippen LogP contribution is -2.41. The number of hydrogen-bond acceptors (Lipinski definition) is 5. The fraction of sp³-hybridized carbons (Fsp3) is 0.412. The number of rotatable bonds is 6. The van der Waals surface area contributed by atoms with Crippen molar-refractivity contribution in [1.29, 1.82) is 0 Å². The lowest BCUT2D eigenvalue weighted by atomic mass is 9.98. The van der Waals surface area contributed by atoms with Gasteiger partial charge in [-0.2, -0.15) is 0 Å². The van der Waals surface area contributed by atoms with Crippen LogP contribution in [0.2, 0.25) is 0 Å². The minimum Gasteiger partial charge on any atom is -0.493 e. The number of aromatic carboxylic acids is 1. The summed E-state index contributed by atoms with van der Waals surface area (Å²) < 4.78 is 7.04. The highest BCUT2D eigenvalue weighted by atomic mass is 16.5. The maximum Gasteiger partial charge on any atom is 0.358 e. The van der Waals surface area contributed by atoms with Crippen molar-refractivity contribution in [3.8, 4) is 5.75 Å². The van der Waals surface area contributed by atoms with E-state index in [2.05, 4.69) is 10.3 Å².